The van der Waals surface area contributed by atoms with E-state index < -0.39 is 0 Å². The van der Waals surface area contributed by atoms with Crippen molar-refractivity contribution >= 4 is 16.9 Å². The third-order valence-corrected chi connectivity index (χ3v) is 4.48. The molecule has 0 unspecified atom stereocenters. The van der Waals surface area contributed by atoms with Gasteiger partial charge in [0.2, 0.25) is 0 Å². The van der Waals surface area contributed by atoms with Crippen LogP contribution in [0.1, 0.15) is 16.9 Å². The van der Waals surface area contributed by atoms with E-state index in [1.54, 1.807) is 18.2 Å². The number of ether oxygens (including phenoxy) is 1. The Bertz CT molecular complexity index is 706. The van der Waals surface area contributed by atoms with Crippen molar-refractivity contribution < 1.29 is 9.53 Å². The fraction of sp³-hybridized carbons (Fsp3) is 0.471. The highest BCUT2D eigenvalue weighted by Crippen LogP contribution is 2.19. The fourth-order valence-electron chi connectivity index (χ4n) is 3.07. The van der Waals surface area contributed by atoms with E-state index in [-0.39, 0.29) is 12.0 Å². The number of hydrogen-bond donors (Lipinski definition) is 0. The zero-order chi connectivity index (χ0) is 16.4. The molecule has 0 bridgehead atoms. The number of nitrogens with zero attached hydrogens (tertiary/aromatic N) is 4. The van der Waals surface area contributed by atoms with E-state index in [0.717, 1.165) is 24.0 Å². The number of para-hydroxylation sites is 2. The van der Waals surface area contributed by atoms with Crippen molar-refractivity contribution in [1.82, 2.24) is 19.8 Å². The molecule has 1 aromatic heterocycles. The van der Waals surface area contributed by atoms with Crippen molar-refractivity contribution in [2.45, 2.75) is 18.6 Å². The smallest absolute Gasteiger partial charge is 0.273 e. The second kappa shape index (κ2) is 6.60. The van der Waals surface area contributed by atoms with Gasteiger partial charge in [0.25, 0.3) is 5.91 Å². The molecule has 23 heavy (non-hydrogen) atoms. The number of benzene rings is 1. The van der Waals surface area contributed by atoms with Gasteiger partial charge in [-0.05, 0) is 25.6 Å². The molecule has 1 fully saturated rings. The number of likely N-dealkylation sites (tertiary alicyclic amines) is 1. The maximum absolute atomic E-state index is 12.6. The predicted octanol–water partition coefficient (Wildman–Crippen LogP) is 1.42. The van der Waals surface area contributed by atoms with Crippen LogP contribution in [0.5, 0.6) is 0 Å². The Kier molecular flexibility index (Phi) is 4.54. The minimum atomic E-state index is -0.0995. The summed E-state index contributed by atoms with van der Waals surface area (Å²) in [5.74, 6) is -0.0995. The predicted molar refractivity (Wildman–Crippen MR) is 88.3 cm³/mol. The first-order valence-electron chi connectivity index (χ1n) is 7.78. The number of carbonyl (C=O) groups excluding carboxylic acids is 1. The maximum atomic E-state index is 12.6. The van der Waals surface area contributed by atoms with Gasteiger partial charge in [-0.1, -0.05) is 12.1 Å². The van der Waals surface area contributed by atoms with E-state index in [1.807, 2.05) is 31.3 Å². The molecule has 0 spiro atoms. The summed E-state index contributed by atoms with van der Waals surface area (Å²) in [6.45, 7) is 1.56. The third-order valence-electron chi connectivity index (χ3n) is 4.48. The molecule has 6 nitrogen and oxygen atoms in total. The van der Waals surface area contributed by atoms with Crippen LogP contribution in [0, 0.1) is 0 Å². The van der Waals surface area contributed by atoms with Crippen LogP contribution in [-0.2, 0) is 4.74 Å². The molecule has 6 heteroatoms. The zero-order valence-electron chi connectivity index (χ0n) is 13.8. The normalized spacial score (nSPS) is 21.7. The van der Waals surface area contributed by atoms with E-state index in [9.17, 15) is 4.79 Å². The molecule has 0 aliphatic carbocycles. The van der Waals surface area contributed by atoms with Gasteiger partial charge in [0.15, 0.2) is 0 Å². The molecule has 0 radical (unpaired) electrons. The molecule has 2 heterocycles. The minimum absolute atomic E-state index is 0.0995. The lowest BCUT2D eigenvalue weighted by molar-refractivity contribution is 0.0754. The Balaban J connectivity index is 1.71. The summed E-state index contributed by atoms with van der Waals surface area (Å²) in [5.41, 5.74) is 1.92. The number of hydrogen-bond acceptors (Lipinski definition) is 5. The quantitative estimate of drug-likeness (QED) is 0.854. The topological polar surface area (TPSA) is 58.6 Å². The average Bonchev–Trinajstić information content (AvgIpc) is 2.93. The van der Waals surface area contributed by atoms with Gasteiger partial charge < -0.3 is 9.64 Å². The monoisotopic (exact) mass is 314 g/mol. The Labute approximate surface area is 136 Å². The lowest BCUT2D eigenvalue weighted by Crippen LogP contribution is -2.39. The molecule has 2 atom stereocenters. The maximum Gasteiger partial charge on any atom is 0.273 e. The van der Waals surface area contributed by atoms with Gasteiger partial charge in [-0.3, -0.25) is 14.7 Å². The van der Waals surface area contributed by atoms with Crippen molar-refractivity contribution in [3.8, 4) is 0 Å². The SMILES string of the molecule is CO[C@H]1C[C@@H](CN(C)C(=O)c2cnc3ccccc3n2)N(C)C1. The van der Waals surface area contributed by atoms with E-state index in [0.29, 0.717) is 18.3 Å². The number of amides is 1. The first-order valence-corrected chi connectivity index (χ1v) is 7.78. The van der Waals surface area contributed by atoms with Crippen LogP contribution in [0.15, 0.2) is 30.5 Å². The Morgan fingerprint density at radius 1 is 1.39 bits per heavy atom. The van der Waals surface area contributed by atoms with Gasteiger partial charge >= 0.3 is 0 Å². The molecule has 0 N–H and O–H groups in total. The summed E-state index contributed by atoms with van der Waals surface area (Å²) >= 11 is 0. The van der Waals surface area contributed by atoms with Gasteiger partial charge in [0, 0.05) is 33.3 Å². The van der Waals surface area contributed by atoms with Crippen LogP contribution in [0.25, 0.3) is 11.0 Å². The number of rotatable bonds is 4. The molecule has 0 saturated carbocycles. The van der Waals surface area contributed by atoms with E-state index in [1.165, 1.54) is 0 Å². The lowest BCUT2D eigenvalue weighted by Gasteiger charge is -2.25. The number of fused-ring (bicyclic) bond motifs is 1. The fourth-order valence-corrected chi connectivity index (χ4v) is 3.07. The number of methoxy groups -OCH3 is 1. The lowest BCUT2D eigenvalue weighted by atomic mass is 10.2. The molecule has 1 amide bonds. The number of carbonyl (C=O) groups is 1. The average molecular weight is 314 g/mol. The summed E-state index contributed by atoms with van der Waals surface area (Å²) < 4.78 is 5.42. The van der Waals surface area contributed by atoms with Crippen molar-refractivity contribution in [1.29, 1.82) is 0 Å². The van der Waals surface area contributed by atoms with Crippen molar-refractivity contribution in [3.05, 3.63) is 36.2 Å². The molecular weight excluding hydrogens is 292 g/mol. The second-order valence-electron chi connectivity index (χ2n) is 6.12. The van der Waals surface area contributed by atoms with Gasteiger partial charge in [0.1, 0.15) is 5.69 Å². The van der Waals surface area contributed by atoms with Gasteiger partial charge in [-0.15, -0.1) is 0 Å². The third kappa shape index (κ3) is 3.33. The molecule has 122 valence electrons. The number of likely N-dealkylation sites (N-methyl/N-ethyl adjacent to an activating group) is 2. The van der Waals surface area contributed by atoms with Crippen molar-refractivity contribution in [3.63, 3.8) is 0 Å². The van der Waals surface area contributed by atoms with Crippen LogP contribution in [0.3, 0.4) is 0 Å². The van der Waals surface area contributed by atoms with Crippen LogP contribution in [-0.4, -0.2) is 72.1 Å². The highest BCUT2D eigenvalue weighted by molar-refractivity contribution is 5.93. The molecule has 1 aromatic carbocycles. The van der Waals surface area contributed by atoms with Gasteiger partial charge in [-0.2, -0.15) is 0 Å². The minimum Gasteiger partial charge on any atom is -0.380 e. The molecule has 1 saturated heterocycles. The summed E-state index contributed by atoms with van der Waals surface area (Å²) in [4.78, 5) is 25.3. The summed E-state index contributed by atoms with van der Waals surface area (Å²) in [6, 6.07) is 7.87. The first-order chi connectivity index (χ1) is 11.1. The van der Waals surface area contributed by atoms with Crippen LogP contribution in [0.4, 0.5) is 0 Å². The molecule has 1 aliphatic heterocycles. The van der Waals surface area contributed by atoms with Crippen LogP contribution >= 0.6 is 0 Å². The zero-order valence-corrected chi connectivity index (χ0v) is 13.8. The molecular formula is C17H22N4O2. The van der Waals surface area contributed by atoms with E-state index in [4.69, 9.17) is 4.74 Å². The first kappa shape index (κ1) is 15.8. The highest BCUT2D eigenvalue weighted by Gasteiger charge is 2.31. The second-order valence-corrected chi connectivity index (χ2v) is 6.12. The molecule has 2 aromatic rings. The van der Waals surface area contributed by atoms with Gasteiger partial charge in [0.05, 0.1) is 23.3 Å². The van der Waals surface area contributed by atoms with Crippen molar-refractivity contribution in [2.75, 3.05) is 34.3 Å². The van der Waals surface area contributed by atoms with Crippen molar-refractivity contribution in [2.24, 2.45) is 0 Å². The Hall–Kier alpha value is -2.05. The van der Waals surface area contributed by atoms with Crippen LogP contribution < -0.4 is 0 Å². The Morgan fingerprint density at radius 2 is 2.13 bits per heavy atom. The van der Waals surface area contributed by atoms with E-state index in [2.05, 4.69) is 21.9 Å². The largest absolute Gasteiger partial charge is 0.380 e. The van der Waals surface area contributed by atoms with Gasteiger partial charge in [-0.25, -0.2) is 4.98 Å². The highest BCUT2D eigenvalue weighted by atomic mass is 16.5. The summed E-state index contributed by atoms with van der Waals surface area (Å²) in [7, 11) is 5.62. The van der Waals surface area contributed by atoms with Crippen LogP contribution in [0.2, 0.25) is 0 Å². The molecule has 3 rings (SSSR count). The number of aromatic nitrogens is 2. The standard InChI is InChI=1S/C17H22N4O2/c1-20-11-13(23-3)8-12(20)10-21(2)17(22)16-9-18-14-6-4-5-7-15(14)19-16/h4-7,9,12-13H,8,10-11H2,1-3H3/t12-,13-/m0/s1. The summed E-state index contributed by atoms with van der Waals surface area (Å²) in [5, 5.41) is 0. The molecule has 1 aliphatic rings. The van der Waals surface area contributed by atoms with E-state index >= 15 is 0 Å². The Morgan fingerprint density at radius 3 is 2.83 bits per heavy atom. The summed E-state index contributed by atoms with van der Waals surface area (Å²) in [6.07, 6.45) is 2.74.